The molecule has 27 heavy (non-hydrogen) atoms. The second-order valence-corrected chi connectivity index (χ2v) is 8.28. The van der Waals surface area contributed by atoms with E-state index in [0.29, 0.717) is 17.2 Å². The Morgan fingerprint density at radius 1 is 0.889 bits per heavy atom. The van der Waals surface area contributed by atoms with Crippen molar-refractivity contribution in [1.29, 1.82) is 0 Å². The fourth-order valence-electron chi connectivity index (χ4n) is 3.01. The van der Waals surface area contributed by atoms with Gasteiger partial charge in [-0.2, -0.15) is 0 Å². The molecule has 0 saturated heterocycles. The van der Waals surface area contributed by atoms with E-state index in [9.17, 15) is 8.42 Å². The molecular formula is C22H19NO3S. The van der Waals surface area contributed by atoms with E-state index in [4.69, 9.17) is 4.74 Å². The van der Waals surface area contributed by atoms with Crippen molar-refractivity contribution in [3.8, 4) is 5.75 Å². The highest BCUT2D eigenvalue weighted by molar-refractivity contribution is 7.92. The van der Waals surface area contributed by atoms with E-state index in [1.54, 1.807) is 36.4 Å². The van der Waals surface area contributed by atoms with E-state index in [0.717, 1.165) is 11.1 Å². The van der Waals surface area contributed by atoms with Crippen molar-refractivity contribution in [2.24, 2.45) is 0 Å². The number of anilines is 1. The number of fused-ring (bicyclic) bond motifs is 1. The minimum atomic E-state index is -3.70. The normalized spacial score (nSPS) is 15.3. The van der Waals surface area contributed by atoms with Crippen LogP contribution >= 0.6 is 0 Å². The summed E-state index contributed by atoms with van der Waals surface area (Å²) in [6.45, 7) is 2.07. The van der Waals surface area contributed by atoms with Crippen LogP contribution in [0.15, 0.2) is 89.5 Å². The van der Waals surface area contributed by atoms with Gasteiger partial charge in [-0.05, 0) is 42.8 Å². The second-order valence-electron chi connectivity index (χ2n) is 6.42. The number of nitrogens with zero attached hydrogens (tertiary/aromatic N) is 1. The standard InChI is InChI=1S/C22H19NO3S/c1-17-11-13-20(14-12-17)27(24,25)23-16-19(15-18-7-3-2-4-8-18)26-22-10-6-5-9-21(22)23/h2-15H,16H2,1H3/b19-15+. The molecule has 136 valence electrons. The van der Waals surface area contributed by atoms with Gasteiger partial charge < -0.3 is 4.74 Å². The van der Waals surface area contributed by atoms with Gasteiger partial charge in [-0.3, -0.25) is 4.31 Å². The minimum Gasteiger partial charge on any atom is -0.458 e. The number of hydrogen-bond acceptors (Lipinski definition) is 3. The highest BCUT2D eigenvalue weighted by Gasteiger charge is 2.32. The maximum Gasteiger partial charge on any atom is 0.264 e. The van der Waals surface area contributed by atoms with Gasteiger partial charge in [-0.25, -0.2) is 8.42 Å². The van der Waals surface area contributed by atoms with Crippen LogP contribution in [0.4, 0.5) is 5.69 Å². The Bertz CT molecular complexity index is 1090. The maximum absolute atomic E-state index is 13.3. The minimum absolute atomic E-state index is 0.141. The molecule has 0 atom stereocenters. The molecule has 4 rings (SSSR count). The Hall–Kier alpha value is -3.05. The SMILES string of the molecule is Cc1ccc(S(=O)(=O)N2C/C(=C\c3ccccc3)Oc3ccccc32)cc1. The molecule has 0 saturated carbocycles. The first-order chi connectivity index (χ1) is 13.0. The maximum atomic E-state index is 13.3. The highest BCUT2D eigenvalue weighted by Crippen LogP contribution is 2.38. The summed E-state index contributed by atoms with van der Waals surface area (Å²) in [5, 5.41) is 0. The molecule has 3 aromatic rings. The van der Waals surface area contributed by atoms with Crippen LogP contribution in [0.2, 0.25) is 0 Å². The fraction of sp³-hybridized carbons (Fsp3) is 0.0909. The Labute approximate surface area is 159 Å². The van der Waals surface area contributed by atoms with Gasteiger partial charge in [-0.1, -0.05) is 60.2 Å². The van der Waals surface area contributed by atoms with Gasteiger partial charge in [0.1, 0.15) is 5.76 Å². The van der Waals surface area contributed by atoms with Crippen LogP contribution in [-0.2, 0) is 10.0 Å². The quantitative estimate of drug-likeness (QED) is 0.669. The van der Waals surface area contributed by atoms with Gasteiger partial charge in [0.15, 0.2) is 5.75 Å². The predicted molar refractivity (Wildman–Crippen MR) is 107 cm³/mol. The Kier molecular flexibility index (Phi) is 4.46. The summed E-state index contributed by atoms with van der Waals surface area (Å²) in [5.74, 6) is 1.11. The molecule has 0 bridgehead atoms. The first kappa shape index (κ1) is 17.4. The molecule has 1 heterocycles. The zero-order valence-corrected chi connectivity index (χ0v) is 15.7. The Morgan fingerprint density at radius 3 is 2.30 bits per heavy atom. The van der Waals surface area contributed by atoms with E-state index in [2.05, 4.69) is 0 Å². The summed E-state index contributed by atoms with van der Waals surface area (Å²) in [4.78, 5) is 0.267. The molecule has 0 amide bonds. The van der Waals surface area contributed by atoms with Gasteiger partial charge in [0.2, 0.25) is 0 Å². The summed E-state index contributed by atoms with van der Waals surface area (Å²) in [7, 11) is -3.70. The van der Waals surface area contributed by atoms with E-state index in [1.165, 1.54) is 4.31 Å². The van der Waals surface area contributed by atoms with Gasteiger partial charge in [0.25, 0.3) is 10.0 Å². The van der Waals surface area contributed by atoms with Crippen LogP contribution in [0.25, 0.3) is 6.08 Å². The molecular weight excluding hydrogens is 358 g/mol. The van der Waals surface area contributed by atoms with Crippen LogP contribution in [0.3, 0.4) is 0 Å². The molecule has 0 spiro atoms. The van der Waals surface area contributed by atoms with Gasteiger partial charge in [0.05, 0.1) is 17.1 Å². The van der Waals surface area contributed by atoms with Crippen molar-refractivity contribution in [3.63, 3.8) is 0 Å². The van der Waals surface area contributed by atoms with Crippen LogP contribution in [0.1, 0.15) is 11.1 Å². The molecule has 5 heteroatoms. The second kappa shape index (κ2) is 6.93. The van der Waals surface area contributed by atoms with Crippen LogP contribution in [0.5, 0.6) is 5.75 Å². The van der Waals surface area contributed by atoms with Crippen LogP contribution in [0, 0.1) is 6.92 Å². The zero-order valence-electron chi connectivity index (χ0n) is 14.9. The summed E-state index contributed by atoms with van der Waals surface area (Å²) in [5.41, 5.74) is 2.52. The molecule has 1 aliphatic heterocycles. The number of para-hydroxylation sites is 2. The molecule has 1 aliphatic rings. The first-order valence-electron chi connectivity index (χ1n) is 8.66. The molecule has 4 nitrogen and oxygen atoms in total. The van der Waals surface area contributed by atoms with Crippen LogP contribution in [-0.4, -0.2) is 15.0 Å². The summed E-state index contributed by atoms with van der Waals surface area (Å²) in [6, 6.07) is 23.8. The average molecular weight is 377 g/mol. The van der Waals surface area contributed by atoms with Gasteiger partial charge in [-0.15, -0.1) is 0 Å². The third-order valence-corrected chi connectivity index (χ3v) is 6.18. The lowest BCUT2D eigenvalue weighted by Gasteiger charge is -2.31. The number of ether oxygens (including phenoxy) is 1. The van der Waals surface area contributed by atoms with Gasteiger partial charge >= 0.3 is 0 Å². The molecule has 0 aromatic heterocycles. The van der Waals surface area contributed by atoms with Crippen LogP contribution < -0.4 is 9.04 Å². The van der Waals surface area contributed by atoms with Crippen molar-refractivity contribution in [2.45, 2.75) is 11.8 Å². The molecule has 3 aromatic carbocycles. The van der Waals surface area contributed by atoms with Gasteiger partial charge in [0, 0.05) is 0 Å². The fourth-order valence-corrected chi connectivity index (χ4v) is 4.45. The highest BCUT2D eigenvalue weighted by atomic mass is 32.2. The Morgan fingerprint density at radius 2 is 1.56 bits per heavy atom. The van der Waals surface area contributed by atoms with Crippen molar-refractivity contribution in [1.82, 2.24) is 0 Å². The van der Waals surface area contributed by atoms with E-state index in [-0.39, 0.29) is 11.4 Å². The number of rotatable bonds is 3. The number of hydrogen-bond donors (Lipinski definition) is 0. The van der Waals surface area contributed by atoms with Crippen molar-refractivity contribution in [3.05, 3.63) is 95.7 Å². The molecule has 0 radical (unpaired) electrons. The zero-order chi connectivity index (χ0) is 18.9. The monoisotopic (exact) mass is 377 g/mol. The lowest BCUT2D eigenvalue weighted by molar-refractivity contribution is 0.408. The smallest absolute Gasteiger partial charge is 0.264 e. The number of benzene rings is 3. The lowest BCUT2D eigenvalue weighted by Crippen LogP contribution is -2.36. The molecule has 0 unspecified atom stereocenters. The number of aryl methyl sites for hydroxylation is 1. The average Bonchev–Trinajstić information content (AvgIpc) is 2.68. The number of sulfonamides is 1. The lowest BCUT2D eigenvalue weighted by atomic mass is 10.2. The van der Waals surface area contributed by atoms with Crippen molar-refractivity contribution < 1.29 is 13.2 Å². The molecule has 0 aliphatic carbocycles. The van der Waals surface area contributed by atoms with E-state index in [1.807, 2.05) is 55.5 Å². The van der Waals surface area contributed by atoms with E-state index < -0.39 is 10.0 Å². The summed E-state index contributed by atoms with van der Waals surface area (Å²) in [6.07, 6.45) is 1.87. The third-order valence-electron chi connectivity index (χ3n) is 4.41. The third kappa shape index (κ3) is 3.46. The first-order valence-corrected chi connectivity index (χ1v) is 10.1. The predicted octanol–water partition coefficient (Wildman–Crippen LogP) is 4.62. The summed E-state index contributed by atoms with van der Waals surface area (Å²) < 4.78 is 34.0. The van der Waals surface area contributed by atoms with Crippen molar-refractivity contribution >= 4 is 21.8 Å². The Balaban J connectivity index is 1.79. The summed E-state index contributed by atoms with van der Waals surface area (Å²) >= 11 is 0. The molecule has 0 fully saturated rings. The van der Waals surface area contributed by atoms with E-state index >= 15 is 0 Å². The topological polar surface area (TPSA) is 46.6 Å². The van der Waals surface area contributed by atoms with Crippen molar-refractivity contribution in [2.75, 3.05) is 10.8 Å². The largest absolute Gasteiger partial charge is 0.458 e. The molecule has 0 N–H and O–H groups in total.